The summed E-state index contributed by atoms with van der Waals surface area (Å²) in [6.45, 7) is 3.86. The number of benzene rings is 1. The summed E-state index contributed by atoms with van der Waals surface area (Å²) in [5.41, 5.74) is 3.64. The average Bonchev–Trinajstić information content (AvgIpc) is 3.26. The van der Waals surface area contributed by atoms with Crippen LogP contribution in [-0.4, -0.2) is 26.6 Å². The predicted molar refractivity (Wildman–Crippen MR) is 109 cm³/mol. The summed E-state index contributed by atoms with van der Waals surface area (Å²) in [6.07, 6.45) is 7.40. The van der Waals surface area contributed by atoms with Crippen LogP contribution in [0.15, 0.2) is 40.9 Å². The molecule has 1 aromatic carbocycles. The quantitative estimate of drug-likeness (QED) is 0.583. The van der Waals surface area contributed by atoms with E-state index in [0.29, 0.717) is 11.2 Å². The average molecular weight is 378 g/mol. The number of aromatic amines is 1. The summed E-state index contributed by atoms with van der Waals surface area (Å²) in [4.78, 5) is 24.6. The van der Waals surface area contributed by atoms with Crippen LogP contribution in [0.25, 0.3) is 28.1 Å². The zero-order valence-electron chi connectivity index (χ0n) is 15.2. The smallest absolute Gasteiger partial charge is 0.260 e. The van der Waals surface area contributed by atoms with E-state index in [1.54, 1.807) is 19.5 Å². The van der Waals surface area contributed by atoms with Gasteiger partial charge in [-0.3, -0.25) is 4.79 Å². The Morgan fingerprint density at radius 1 is 1.26 bits per heavy atom. The summed E-state index contributed by atoms with van der Waals surface area (Å²) in [6, 6.07) is 5.89. The number of nitrogens with one attached hydrogen (secondary N) is 1. The topological polar surface area (TPSA) is 72.8 Å². The molecule has 0 saturated carbocycles. The maximum absolute atomic E-state index is 12.2. The number of fused-ring (bicyclic) bond motifs is 1. The predicted octanol–water partition coefficient (Wildman–Crippen LogP) is 3.97. The highest BCUT2D eigenvalue weighted by atomic mass is 32.1. The van der Waals surface area contributed by atoms with Crippen LogP contribution in [0.2, 0.25) is 0 Å². The molecule has 0 saturated heterocycles. The van der Waals surface area contributed by atoms with Crippen molar-refractivity contribution in [2.45, 2.75) is 13.8 Å². The number of thiophene rings is 1. The lowest BCUT2D eigenvalue weighted by atomic mass is 10.1. The number of methoxy groups -OCH3 is 1. The van der Waals surface area contributed by atoms with Gasteiger partial charge in [0.25, 0.3) is 5.56 Å². The van der Waals surface area contributed by atoms with Gasteiger partial charge in [0.2, 0.25) is 0 Å². The van der Waals surface area contributed by atoms with Crippen molar-refractivity contribution in [3.63, 3.8) is 0 Å². The zero-order chi connectivity index (χ0) is 19.0. The maximum Gasteiger partial charge on any atom is 0.260 e. The molecule has 0 aliphatic heterocycles. The van der Waals surface area contributed by atoms with Crippen LogP contribution in [0.3, 0.4) is 0 Å². The van der Waals surface area contributed by atoms with Crippen LogP contribution in [0.5, 0.6) is 5.75 Å². The number of H-pyrrole nitrogens is 1. The van der Waals surface area contributed by atoms with Gasteiger partial charge < -0.3 is 14.3 Å². The van der Waals surface area contributed by atoms with E-state index < -0.39 is 0 Å². The van der Waals surface area contributed by atoms with Crippen molar-refractivity contribution in [3.8, 4) is 11.4 Å². The third-order valence-electron chi connectivity index (χ3n) is 4.27. The van der Waals surface area contributed by atoms with Gasteiger partial charge in [0.1, 0.15) is 16.4 Å². The van der Waals surface area contributed by atoms with Crippen LogP contribution in [0, 0.1) is 13.8 Å². The Labute approximate surface area is 159 Å². The molecule has 0 aliphatic rings. The first-order valence-corrected chi connectivity index (χ1v) is 9.28. The van der Waals surface area contributed by atoms with E-state index in [-0.39, 0.29) is 5.56 Å². The fourth-order valence-electron chi connectivity index (χ4n) is 2.92. The molecular formula is C20H18N4O2S. The molecule has 4 aromatic rings. The van der Waals surface area contributed by atoms with Crippen molar-refractivity contribution in [3.05, 3.63) is 69.1 Å². The van der Waals surface area contributed by atoms with E-state index >= 15 is 0 Å². The van der Waals surface area contributed by atoms with E-state index in [9.17, 15) is 4.79 Å². The van der Waals surface area contributed by atoms with Gasteiger partial charge in [-0.15, -0.1) is 11.3 Å². The third kappa shape index (κ3) is 3.29. The molecule has 4 rings (SSSR count). The molecule has 6 nitrogen and oxygen atoms in total. The monoisotopic (exact) mass is 378 g/mol. The van der Waals surface area contributed by atoms with E-state index in [1.807, 2.05) is 54.3 Å². The molecule has 0 amide bonds. The van der Waals surface area contributed by atoms with Crippen LogP contribution in [0.4, 0.5) is 0 Å². The van der Waals surface area contributed by atoms with Crippen molar-refractivity contribution in [2.24, 2.45) is 0 Å². The molecule has 0 aliphatic carbocycles. The van der Waals surface area contributed by atoms with Crippen LogP contribution < -0.4 is 10.3 Å². The van der Waals surface area contributed by atoms with Crippen LogP contribution in [0.1, 0.15) is 22.6 Å². The van der Waals surface area contributed by atoms with Crippen LogP contribution >= 0.6 is 11.3 Å². The van der Waals surface area contributed by atoms with Crippen molar-refractivity contribution in [2.75, 3.05) is 7.11 Å². The number of hydrogen-bond donors (Lipinski definition) is 1. The number of nitrogens with zero attached hydrogens (tertiary/aromatic N) is 3. The largest absolute Gasteiger partial charge is 0.495 e. The molecule has 27 heavy (non-hydrogen) atoms. The molecule has 1 N–H and O–H groups in total. The van der Waals surface area contributed by atoms with E-state index in [2.05, 4.69) is 15.0 Å². The van der Waals surface area contributed by atoms with Crippen LogP contribution in [-0.2, 0) is 0 Å². The second-order valence-corrected chi connectivity index (χ2v) is 7.10. The first kappa shape index (κ1) is 17.2. The minimum atomic E-state index is -0.109. The van der Waals surface area contributed by atoms with Gasteiger partial charge in [-0.05, 0) is 48.6 Å². The zero-order valence-corrected chi connectivity index (χ0v) is 16.0. The Morgan fingerprint density at radius 3 is 2.85 bits per heavy atom. The van der Waals surface area contributed by atoms with Crippen molar-refractivity contribution < 1.29 is 4.74 Å². The lowest BCUT2D eigenvalue weighted by molar-refractivity contribution is 0.413. The number of aryl methyl sites for hydroxylation is 2. The molecule has 0 unspecified atom stereocenters. The molecule has 136 valence electrons. The second kappa shape index (κ2) is 6.85. The normalized spacial score (nSPS) is 11.5. The highest BCUT2D eigenvalue weighted by Gasteiger charge is 2.08. The number of aromatic nitrogens is 4. The van der Waals surface area contributed by atoms with Crippen molar-refractivity contribution in [1.29, 1.82) is 0 Å². The SMILES string of the molecule is COc1cc(/C=C/c2nc3scc(C)c3c(=O)[nH]2)ccc1-n1cnc(C)c1. The van der Waals surface area contributed by atoms with E-state index in [1.165, 1.54) is 11.3 Å². The van der Waals surface area contributed by atoms with Gasteiger partial charge in [-0.1, -0.05) is 12.1 Å². The Kier molecular flexibility index (Phi) is 4.37. The maximum atomic E-state index is 12.2. The number of ether oxygens (including phenoxy) is 1. The summed E-state index contributed by atoms with van der Waals surface area (Å²) >= 11 is 1.48. The van der Waals surface area contributed by atoms with Gasteiger partial charge >= 0.3 is 0 Å². The lowest BCUT2D eigenvalue weighted by Crippen LogP contribution is -2.08. The Balaban J connectivity index is 1.67. The van der Waals surface area contributed by atoms with Crippen molar-refractivity contribution in [1.82, 2.24) is 19.5 Å². The van der Waals surface area contributed by atoms with Gasteiger partial charge in [0, 0.05) is 6.20 Å². The van der Waals surface area contributed by atoms with E-state index in [4.69, 9.17) is 4.74 Å². The molecule has 0 radical (unpaired) electrons. The Hall–Kier alpha value is -3.19. The molecule has 0 bridgehead atoms. The third-order valence-corrected chi connectivity index (χ3v) is 5.26. The highest BCUT2D eigenvalue weighted by molar-refractivity contribution is 7.16. The van der Waals surface area contributed by atoms with Crippen molar-refractivity contribution >= 4 is 33.7 Å². The lowest BCUT2D eigenvalue weighted by Gasteiger charge is -2.09. The number of hydrogen-bond acceptors (Lipinski definition) is 5. The summed E-state index contributed by atoms with van der Waals surface area (Å²) in [7, 11) is 1.64. The minimum absolute atomic E-state index is 0.109. The van der Waals surface area contributed by atoms with Gasteiger partial charge in [-0.25, -0.2) is 9.97 Å². The summed E-state index contributed by atoms with van der Waals surface area (Å²) in [5.74, 6) is 1.27. The summed E-state index contributed by atoms with van der Waals surface area (Å²) < 4.78 is 7.45. The molecule has 3 heterocycles. The molecule has 0 spiro atoms. The molecule has 0 fully saturated rings. The first-order chi connectivity index (χ1) is 13.0. The first-order valence-electron chi connectivity index (χ1n) is 8.40. The van der Waals surface area contributed by atoms with Gasteiger partial charge in [0.15, 0.2) is 0 Å². The molecular weight excluding hydrogens is 360 g/mol. The van der Waals surface area contributed by atoms with Gasteiger partial charge in [0.05, 0.1) is 30.2 Å². The summed E-state index contributed by atoms with van der Waals surface area (Å²) in [5, 5.41) is 2.61. The number of rotatable bonds is 4. The second-order valence-electron chi connectivity index (χ2n) is 6.24. The number of imidazole rings is 1. The van der Waals surface area contributed by atoms with Gasteiger partial charge in [-0.2, -0.15) is 0 Å². The standard InChI is InChI=1S/C20H18N4O2S/c1-12-10-27-20-18(12)19(25)22-17(23-20)7-5-14-4-6-15(16(8-14)26-3)24-9-13(2)21-11-24/h4-11H,1-3H3,(H,22,23,25)/b7-5+. The molecule has 3 aromatic heterocycles. The highest BCUT2D eigenvalue weighted by Crippen LogP contribution is 2.25. The van der Waals surface area contributed by atoms with E-state index in [0.717, 1.165) is 33.1 Å². The molecule has 7 heteroatoms. The minimum Gasteiger partial charge on any atom is -0.495 e. The fourth-order valence-corrected chi connectivity index (χ4v) is 3.85. The molecule has 0 atom stereocenters. The fraction of sp³-hybridized carbons (Fsp3) is 0.150. The Bertz CT molecular complexity index is 1220. The Morgan fingerprint density at radius 2 is 2.11 bits per heavy atom.